The van der Waals surface area contributed by atoms with Crippen LogP contribution in [0.25, 0.3) is 0 Å². The Morgan fingerprint density at radius 1 is 1.23 bits per heavy atom. The summed E-state index contributed by atoms with van der Waals surface area (Å²) < 4.78 is 5.54. The van der Waals surface area contributed by atoms with E-state index in [0.717, 1.165) is 53.4 Å². The van der Waals surface area contributed by atoms with Crippen molar-refractivity contribution >= 4 is 23.7 Å². The van der Waals surface area contributed by atoms with Crippen LogP contribution < -0.4 is 5.32 Å². The van der Waals surface area contributed by atoms with Crippen LogP contribution in [0.5, 0.6) is 0 Å². The first-order valence-corrected chi connectivity index (χ1v) is 13.8. The third-order valence-corrected chi connectivity index (χ3v) is 6.58. The number of carbonyl (C=O) groups excluding carboxylic acids is 2. The first kappa shape index (κ1) is 31.8. The summed E-state index contributed by atoms with van der Waals surface area (Å²) in [6, 6.07) is 5.96. The first-order valence-electron chi connectivity index (χ1n) is 13.8. The fourth-order valence-corrected chi connectivity index (χ4v) is 4.32. The summed E-state index contributed by atoms with van der Waals surface area (Å²) in [5.74, 6) is 1.24. The Bertz CT molecular complexity index is 1140. The van der Waals surface area contributed by atoms with E-state index in [4.69, 9.17) is 4.74 Å². The second-order valence-corrected chi connectivity index (χ2v) is 10.3. The molecule has 1 saturated heterocycles. The molecule has 2 amide bonds. The molecule has 39 heavy (non-hydrogen) atoms. The van der Waals surface area contributed by atoms with E-state index in [9.17, 15) is 9.59 Å². The zero-order valence-electron chi connectivity index (χ0n) is 24.8. The van der Waals surface area contributed by atoms with E-state index in [0.29, 0.717) is 37.7 Å². The van der Waals surface area contributed by atoms with Crippen LogP contribution in [0.15, 0.2) is 70.7 Å². The van der Waals surface area contributed by atoms with Crippen LogP contribution in [0, 0.1) is 12.8 Å². The summed E-state index contributed by atoms with van der Waals surface area (Å²) in [7, 11) is 0. The zero-order chi connectivity index (χ0) is 28.9. The summed E-state index contributed by atoms with van der Waals surface area (Å²) >= 11 is 0. The van der Waals surface area contributed by atoms with E-state index < -0.39 is 0 Å². The minimum atomic E-state index is -0.175. The molecular weight excluding hydrogens is 488 g/mol. The van der Waals surface area contributed by atoms with E-state index >= 15 is 0 Å². The number of hydrogen-bond acceptors (Lipinski definition) is 5. The molecule has 1 aliphatic heterocycles. The SMILES string of the molecule is C=C(CC(C)C)N=C/C=C(\C)C(=O)Nc1ccc(C)c(CC(=C/C)/C=C(/N2CCOCC2)N(CC)C(C)=O)c1. The Balaban J connectivity index is 2.22. The number of rotatable bonds is 12. The van der Waals surface area contributed by atoms with E-state index in [-0.39, 0.29) is 11.8 Å². The summed E-state index contributed by atoms with van der Waals surface area (Å²) in [5.41, 5.74) is 5.44. The highest BCUT2D eigenvalue weighted by atomic mass is 16.5. The number of morpholine rings is 1. The summed E-state index contributed by atoms with van der Waals surface area (Å²) in [5, 5.41) is 3.00. The number of aliphatic imine (C=N–C) groups is 1. The van der Waals surface area contributed by atoms with Gasteiger partial charge in [0.05, 0.1) is 13.2 Å². The minimum Gasteiger partial charge on any atom is -0.378 e. The predicted octanol–water partition coefficient (Wildman–Crippen LogP) is 6.04. The van der Waals surface area contributed by atoms with Crippen LogP contribution in [0.2, 0.25) is 0 Å². The summed E-state index contributed by atoms with van der Waals surface area (Å²) in [6.45, 7) is 21.0. The molecule has 0 unspecified atom stereocenters. The first-order chi connectivity index (χ1) is 18.5. The van der Waals surface area contributed by atoms with Crippen LogP contribution in [0.1, 0.15) is 59.1 Å². The van der Waals surface area contributed by atoms with E-state index in [2.05, 4.69) is 54.7 Å². The Morgan fingerprint density at radius 3 is 2.51 bits per heavy atom. The van der Waals surface area contributed by atoms with Gasteiger partial charge in [-0.1, -0.05) is 32.6 Å². The normalized spacial score (nSPS) is 15.2. The van der Waals surface area contributed by atoms with Gasteiger partial charge in [-0.15, -0.1) is 0 Å². The molecule has 2 rings (SSSR count). The van der Waals surface area contributed by atoms with Crippen molar-refractivity contribution in [3.05, 3.63) is 76.8 Å². The van der Waals surface area contributed by atoms with Crippen molar-refractivity contribution in [2.45, 2.75) is 61.3 Å². The molecule has 1 N–H and O–H groups in total. The number of carbonyl (C=O) groups is 2. The molecule has 0 saturated carbocycles. The van der Waals surface area contributed by atoms with Crippen LogP contribution >= 0.6 is 0 Å². The van der Waals surface area contributed by atoms with Gasteiger partial charge in [0.2, 0.25) is 5.91 Å². The average molecular weight is 535 g/mol. The molecule has 1 aromatic carbocycles. The molecule has 0 aromatic heterocycles. The molecule has 0 radical (unpaired) electrons. The Hall–Kier alpha value is -3.45. The van der Waals surface area contributed by atoms with Gasteiger partial charge in [-0.25, -0.2) is 0 Å². The lowest BCUT2D eigenvalue weighted by Gasteiger charge is -2.36. The van der Waals surface area contributed by atoms with E-state index in [1.807, 2.05) is 36.9 Å². The van der Waals surface area contributed by atoms with Crippen molar-refractivity contribution in [2.75, 3.05) is 38.2 Å². The number of anilines is 1. The fraction of sp³-hybridized carbons (Fsp3) is 0.469. The molecule has 1 fully saturated rings. The zero-order valence-corrected chi connectivity index (χ0v) is 24.8. The average Bonchev–Trinajstić information content (AvgIpc) is 2.89. The van der Waals surface area contributed by atoms with Gasteiger partial charge in [-0.2, -0.15) is 0 Å². The number of nitrogens with one attached hydrogen (secondary N) is 1. The van der Waals surface area contributed by atoms with Crippen molar-refractivity contribution in [3.63, 3.8) is 0 Å². The van der Waals surface area contributed by atoms with Crippen LogP contribution in [0.4, 0.5) is 5.69 Å². The molecule has 7 heteroatoms. The highest BCUT2D eigenvalue weighted by Crippen LogP contribution is 2.23. The molecule has 0 atom stereocenters. The Kier molecular flexibility index (Phi) is 12.9. The van der Waals surface area contributed by atoms with Gasteiger partial charge in [0, 0.05) is 49.7 Å². The lowest BCUT2D eigenvalue weighted by atomic mass is 9.99. The monoisotopic (exact) mass is 534 g/mol. The summed E-state index contributed by atoms with van der Waals surface area (Å²) in [4.78, 5) is 33.6. The molecule has 0 aliphatic carbocycles. The second-order valence-electron chi connectivity index (χ2n) is 10.3. The third kappa shape index (κ3) is 10.3. The van der Waals surface area contributed by atoms with Crippen molar-refractivity contribution in [2.24, 2.45) is 10.9 Å². The molecule has 1 aliphatic rings. The van der Waals surface area contributed by atoms with E-state index in [1.165, 1.54) is 0 Å². The highest BCUT2D eigenvalue weighted by molar-refractivity contribution is 6.05. The lowest BCUT2D eigenvalue weighted by Crippen LogP contribution is -2.43. The van der Waals surface area contributed by atoms with Crippen LogP contribution in [-0.4, -0.2) is 60.7 Å². The maximum atomic E-state index is 12.8. The van der Waals surface area contributed by atoms with Crippen molar-refractivity contribution < 1.29 is 14.3 Å². The van der Waals surface area contributed by atoms with Crippen molar-refractivity contribution in [1.29, 1.82) is 0 Å². The minimum absolute atomic E-state index is 0.0179. The van der Waals surface area contributed by atoms with Crippen molar-refractivity contribution in [1.82, 2.24) is 9.80 Å². The standard InChI is InChI=1S/C32H46N4O3/c1-9-28(21-31(36(10-2)27(8)37)35-15-17-39-18-16-35)20-29-22-30(12-11-24(29)5)34-32(38)25(6)13-14-33-26(7)19-23(3)4/h9,11-14,21-23H,7,10,15-20H2,1-6,8H3,(H,34,38)/b25-13+,28-9-,31-21-,33-14?. The fourth-order valence-electron chi connectivity index (χ4n) is 4.32. The highest BCUT2D eigenvalue weighted by Gasteiger charge is 2.21. The number of allylic oxidation sites excluding steroid dienone is 5. The second kappa shape index (κ2) is 15.8. The topological polar surface area (TPSA) is 74.2 Å². The quantitative estimate of drug-likeness (QED) is 0.202. The maximum absolute atomic E-state index is 12.8. The third-order valence-electron chi connectivity index (χ3n) is 6.58. The Labute approximate surface area is 235 Å². The predicted molar refractivity (Wildman–Crippen MR) is 162 cm³/mol. The molecule has 1 aromatic rings. The van der Waals surface area contributed by atoms with Gasteiger partial charge in [-0.3, -0.25) is 19.5 Å². The van der Waals surface area contributed by atoms with Crippen molar-refractivity contribution in [3.8, 4) is 0 Å². The smallest absolute Gasteiger partial charge is 0.251 e. The molecule has 1 heterocycles. The van der Waals surface area contributed by atoms with Gasteiger partial charge >= 0.3 is 0 Å². The molecular formula is C32H46N4O3. The van der Waals surface area contributed by atoms with Gasteiger partial charge in [0.25, 0.3) is 5.91 Å². The number of benzene rings is 1. The van der Waals surface area contributed by atoms with Gasteiger partial charge in [0.15, 0.2) is 0 Å². The summed E-state index contributed by atoms with van der Waals surface area (Å²) in [6.07, 6.45) is 9.04. The lowest BCUT2D eigenvalue weighted by molar-refractivity contribution is -0.128. The van der Waals surface area contributed by atoms with E-state index in [1.54, 1.807) is 26.1 Å². The molecule has 7 nitrogen and oxygen atoms in total. The number of aryl methyl sites for hydroxylation is 1. The number of amides is 2. The maximum Gasteiger partial charge on any atom is 0.251 e. The number of hydrogen-bond donors (Lipinski definition) is 1. The van der Waals surface area contributed by atoms with Gasteiger partial charge in [-0.05, 0) is 87.4 Å². The molecule has 0 spiro atoms. The number of ether oxygens (including phenoxy) is 1. The molecule has 0 bridgehead atoms. The Morgan fingerprint density at radius 2 is 1.92 bits per heavy atom. The van der Waals surface area contributed by atoms with Gasteiger partial charge in [0.1, 0.15) is 5.82 Å². The number of nitrogens with zero attached hydrogens (tertiary/aromatic N) is 3. The largest absolute Gasteiger partial charge is 0.378 e. The van der Waals surface area contributed by atoms with Crippen LogP contribution in [-0.2, 0) is 20.7 Å². The molecule has 212 valence electrons. The van der Waals surface area contributed by atoms with Crippen LogP contribution in [0.3, 0.4) is 0 Å². The van der Waals surface area contributed by atoms with Gasteiger partial charge < -0.3 is 15.0 Å².